The van der Waals surface area contributed by atoms with E-state index in [-0.39, 0.29) is 17.3 Å². The fraction of sp³-hybridized carbons (Fsp3) is 0.235. The van der Waals surface area contributed by atoms with Gasteiger partial charge >= 0.3 is 0 Å². The maximum absolute atomic E-state index is 11.9. The molecule has 5 heteroatoms. The van der Waals surface area contributed by atoms with E-state index in [0.717, 1.165) is 17.0 Å². The fourth-order valence-corrected chi connectivity index (χ4v) is 2.31. The number of carbonyl (C=O) groups is 1. The molecule has 1 aromatic heterocycles. The van der Waals surface area contributed by atoms with E-state index in [1.54, 1.807) is 25.4 Å². The van der Waals surface area contributed by atoms with E-state index in [4.69, 9.17) is 10.00 Å². The van der Waals surface area contributed by atoms with Crippen LogP contribution in [0.3, 0.4) is 0 Å². The Balaban J connectivity index is 2.05. The maximum Gasteiger partial charge on any atom is 0.175 e. The quantitative estimate of drug-likeness (QED) is 0.600. The summed E-state index contributed by atoms with van der Waals surface area (Å²) in [6.45, 7) is 3.99. The third kappa shape index (κ3) is 4.27. The molecule has 0 N–H and O–H groups in total. The smallest absolute Gasteiger partial charge is 0.175 e. The molecule has 0 amide bonds. The molecule has 22 heavy (non-hydrogen) atoms. The lowest BCUT2D eigenvalue weighted by atomic mass is 10.00. The highest BCUT2D eigenvalue weighted by atomic mass is 32.1. The van der Waals surface area contributed by atoms with Gasteiger partial charge in [0.15, 0.2) is 5.78 Å². The van der Waals surface area contributed by atoms with Gasteiger partial charge in [0.05, 0.1) is 16.8 Å². The van der Waals surface area contributed by atoms with Crippen molar-refractivity contribution in [3.8, 4) is 11.8 Å². The maximum atomic E-state index is 11.9. The molecule has 1 aromatic carbocycles. The first-order valence-corrected chi connectivity index (χ1v) is 7.80. The summed E-state index contributed by atoms with van der Waals surface area (Å²) in [7, 11) is 0. The second kappa shape index (κ2) is 7.53. The first-order valence-electron chi connectivity index (χ1n) is 6.86. The Morgan fingerprint density at radius 3 is 2.68 bits per heavy atom. The van der Waals surface area contributed by atoms with E-state index in [1.807, 2.05) is 35.7 Å². The van der Waals surface area contributed by atoms with Crippen LogP contribution in [0.25, 0.3) is 6.08 Å². The van der Waals surface area contributed by atoms with E-state index in [2.05, 4.69) is 4.98 Å². The largest absolute Gasteiger partial charge is 0.487 e. The number of aromatic nitrogens is 1. The Bertz CT molecular complexity index is 695. The first kappa shape index (κ1) is 15.9. The van der Waals surface area contributed by atoms with Crippen LogP contribution < -0.4 is 4.74 Å². The summed E-state index contributed by atoms with van der Waals surface area (Å²) in [6, 6.07) is 9.23. The van der Waals surface area contributed by atoms with Crippen molar-refractivity contribution in [2.45, 2.75) is 20.5 Å². The highest BCUT2D eigenvalue weighted by Crippen LogP contribution is 2.17. The number of hydrogen-bond donors (Lipinski definition) is 0. The molecular formula is C17H16N2O2S. The van der Waals surface area contributed by atoms with Crippen LogP contribution in [0.5, 0.6) is 5.75 Å². The number of ketones is 1. The lowest BCUT2D eigenvalue weighted by molar-refractivity contribution is -0.117. The van der Waals surface area contributed by atoms with Crippen molar-refractivity contribution in [3.05, 3.63) is 52.0 Å². The van der Waals surface area contributed by atoms with Crippen molar-refractivity contribution >= 4 is 23.2 Å². The Labute approximate surface area is 133 Å². The zero-order chi connectivity index (χ0) is 15.9. The summed E-state index contributed by atoms with van der Waals surface area (Å²) in [6.07, 6.45) is 1.60. The number of rotatable bonds is 6. The van der Waals surface area contributed by atoms with Gasteiger partial charge in [0.2, 0.25) is 0 Å². The van der Waals surface area contributed by atoms with Gasteiger partial charge in [0.25, 0.3) is 0 Å². The summed E-state index contributed by atoms with van der Waals surface area (Å²) in [5, 5.41) is 11.0. The lowest BCUT2D eigenvalue weighted by Gasteiger charge is -2.05. The molecule has 1 heterocycles. The fourth-order valence-electron chi connectivity index (χ4n) is 1.76. The second-order valence-electron chi connectivity index (χ2n) is 5.03. The summed E-state index contributed by atoms with van der Waals surface area (Å²) in [4.78, 5) is 16.0. The molecule has 0 aliphatic rings. The van der Waals surface area contributed by atoms with Gasteiger partial charge < -0.3 is 4.74 Å². The predicted molar refractivity (Wildman–Crippen MR) is 86.3 cm³/mol. The standard InChI is InChI=1S/C17H16N2O2S/c1-12(2)17(20)14(8-18)7-13-3-5-16(6-4-13)21-9-15-10-22-11-19-15/h3-7,10-12H,9H2,1-2H3. The minimum Gasteiger partial charge on any atom is -0.487 e. The van der Waals surface area contributed by atoms with Gasteiger partial charge in [-0.2, -0.15) is 5.26 Å². The number of thiazole rings is 1. The molecule has 4 nitrogen and oxygen atoms in total. The number of carbonyl (C=O) groups excluding carboxylic acids is 1. The highest BCUT2D eigenvalue weighted by Gasteiger charge is 2.13. The van der Waals surface area contributed by atoms with Crippen LogP contribution in [0.4, 0.5) is 0 Å². The van der Waals surface area contributed by atoms with Gasteiger partial charge in [-0.05, 0) is 23.8 Å². The van der Waals surface area contributed by atoms with Gasteiger partial charge in [0.1, 0.15) is 18.4 Å². The Kier molecular flexibility index (Phi) is 5.45. The van der Waals surface area contributed by atoms with E-state index in [0.29, 0.717) is 6.61 Å². The van der Waals surface area contributed by atoms with Gasteiger partial charge in [-0.25, -0.2) is 4.98 Å². The van der Waals surface area contributed by atoms with Crippen molar-refractivity contribution in [1.29, 1.82) is 5.26 Å². The molecule has 0 unspecified atom stereocenters. The van der Waals surface area contributed by atoms with Crippen molar-refractivity contribution < 1.29 is 9.53 Å². The van der Waals surface area contributed by atoms with Crippen molar-refractivity contribution in [3.63, 3.8) is 0 Å². The van der Waals surface area contributed by atoms with Gasteiger partial charge in [-0.15, -0.1) is 11.3 Å². The molecule has 2 aromatic rings. The van der Waals surface area contributed by atoms with E-state index in [1.165, 1.54) is 11.3 Å². The number of nitrogens with zero attached hydrogens (tertiary/aromatic N) is 2. The van der Waals surface area contributed by atoms with Gasteiger partial charge in [-0.3, -0.25) is 4.79 Å². The lowest BCUT2D eigenvalue weighted by Crippen LogP contribution is -2.08. The molecular weight excluding hydrogens is 296 g/mol. The molecule has 0 fully saturated rings. The number of nitriles is 1. The molecule has 112 valence electrons. The second-order valence-corrected chi connectivity index (χ2v) is 5.74. The normalized spacial score (nSPS) is 11.3. The SMILES string of the molecule is CC(C)C(=O)C(C#N)=Cc1ccc(OCc2cscn2)cc1. The van der Waals surface area contributed by atoms with Crippen LogP contribution in [0.1, 0.15) is 25.1 Å². The third-order valence-corrected chi connectivity index (χ3v) is 3.61. The monoisotopic (exact) mass is 312 g/mol. The number of benzene rings is 1. The Morgan fingerprint density at radius 1 is 1.41 bits per heavy atom. The zero-order valence-corrected chi connectivity index (χ0v) is 13.3. The third-order valence-electron chi connectivity index (χ3n) is 2.97. The number of ether oxygens (including phenoxy) is 1. The number of Topliss-reactive ketones (excluding diaryl/α,β-unsaturated/α-hetero) is 1. The van der Waals surface area contributed by atoms with E-state index in [9.17, 15) is 4.79 Å². The summed E-state index contributed by atoms with van der Waals surface area (Å²) in [5.41, 5.74) is 3.63. The molecule has 2 rings (SSSR count). The molecule has 0 bridgehead atoms. The summed E-state index contributed by atoms with van der Waals surface area (Å²) < 4.78 is 5.61. The molecule has 0 aliphatic heterocycles. The number of hydrogen-bond acceptors (Lipinski definition) is 5. The molecule has 0 saturated heterocycles. The molecule has 0 radical (unpaired) electrons. The molecule has 0 aliphatic carbocycles. The topological polar surface area (TPSA) is 63.0 Å². The van der Waals surface area contributed by atoms with Crippen LogP contribution in [-0.2, 0) is 11.4 Å². The van der Waals surface area contributed by atoms with Gasteiger partial charge in [0, 0.05) is 11.3 Å². The number of allylic oxidation sites excluding steroid dienone is 1. The van der Waals surface area contributed by atoms with Crippen LogP contribution in [-0.4, -0.2) is 10.8 Å². The Morgan fingerprint density at radius 2 is 2.14 bits per heavy atom. The summed E-state index contributed by atoms with van der Waals surface area (Å²) >= 11 is 1.53. The predicted octanol–water partition coefficient (Wildman–Crippen LogP) is 3.85. The van der Waals surface area contributed by atoms with Crippen LogP contribution >= 0.6 is 11.3 Å². The van der Waals surface area contributed by atoms with Crippen molar-refractivity contribution in [1.82, 2.24) is 4.98 Å². The molecule has 0 spiro atoms. The van der Waals surface area contributed by atoms with Crippen LogP contribution in [0.15, 0.2) is 40.7 Å². The summed E-state index contributed by atoms with van der Waals surface area (Å²) in [5.74, 6) is 0.386. The van der Waals surface area contributed by atoms with Crippen LogP contribution in [0.2, 0.25) is 0 Å². The minimum atomic E-state index is -0.188. The van der Waals surface area contributed by atoms with Crippen molar-refractivity contribution in [2.75, 3.05) is 0 Å². The highest BCUT2D eigenvalue weighted by molar-refractivity contribution is 7.07. The van der Waals surface area contributed by atoms with Crippen LogP contribution in [0, 0.1) is 17.2 Å². The van der Waals surface area contributed by atoms with Crippen molar-refractivity contribution in [2.24, 2.45) is 5.92 Å². The first-order chi connectivity index (χ1) is 10.6. The van der Waals surface area contributed by atoms with Gasteiger partial charge in [-0.1, -0.05) is 26.0 Å². The molecule has 0 saturated carbocycles. The van der Waals surface area contributed by atoms with E-state index >= 15 is 0 Å². The Hall–Kier alpha value is -2.45. The molecule has 0 atom stereocenters. The zero-order valence-electron chi connectivity index (χ0n) is 12.4. The van der Waals surface area contributed by atoms with E-state index < -0.39 is 0 Å². The average Bonchev–Trinajstić information content (AvgIpc) is 3.04. The minimum absolute atomic E-state index is 0.147. The average molecular weight is 312 g/mol.